The van der Waals surface area contributed by atoms with Crippen LogP contribution >= 0.6 is 0 Å². The molecule has 2 atom stereocenters. The first kappa shape index (κ1) is 16.3. The summed E-state index contributed by atoms with van der Waals surface area (Å²) in [4.78, 5) is 16.2. The number of amides is 1. The highest BCUT2D eigenvalue weighted by atomic mass is 19.1. The average Bonchev–Trinajstić information content (AvgIpc) is 3.24. The van der Waals surface area contributed by atoms with E-state index in [1.165, 1.54) is 13.4 Å². The summed E-state index contributed by atoms with van der Waals surface area (Å²) < 4.78 is 38.3. The Morgan fingerprint density at radius 2 is 2.33 bits per heavy atom. The van der Waals surface area contributed by atoms with Crippen LogP contribution in [0.3, 0.4) is 0 Å². The summed E-state index contributed by atoms with van der Waals surface area (Å²) in [6, 6.07) is 2.12. The highest BCUT2D eigenvalue weighted by Gasteiger charge is 2.32. The van der Waals surface area contributed by atoms with Gasteiger partial charge in [0.2, 0.25) is 0 Å². The van der Waals surface area contributed by atoms with Crippen molar-refractivity contribution in [3.8, 4) is 5.75 Å². The van der Waals surface area contributed by atoms with Crippen molar-refractivity contribution in [3.63, 3.8) is 0 Å². The van der Waals surface area contributed by atoms with Crippen LogP contribution in [0.1, 0.15) is 28.7 Å². The number of carbonyl (C=O) groups is 1. The summed E-state index contributed by atoms with van der Waals surface area (Å²) in [5, 5.41) is 9.05. The summed E-state index contributed by atoms with van der Waals surface area (Å²) in [5.41, 5.74) is -0.663. The smallest absolute Gasteiger partial charge is 0.257 e. The molecular formula is C15H16F2N4O3. The van der Waals surface area contributed by atoms with E-state index < -0.39 is 23.1 Å². The Morgan fingerprint density at radius 1 is 1.50 bits per heavy atom. The van der Waals surface area contributed by atoms with Gasteiger partial charge in [-0.05, 0) is 18.6 Å². The molecular weight excluding hydrogens is 322 g/mol. The number of nitrogens with zero attached hydrogens (tertiary/aromatic N) is 2. The molecule has 2 N–H and O–H groups in total. The lowest BCUT2D eigenvalue weighted by atomic mass is 10.0. The van der Waals surface area contributed by atoms with Crippen LogP contribution in [0.4, 0.5) is 8.78 Å². The number of hydrogen-bond donors (Lipinski definition) is 2. The Kier molecular flexibility index (Phi) is 4.70. The number of ether oxygens (including phenoxy) is 2. The zero-order chi connectivity index (χ0) is 17.1. The van der Waals surface area contributed by atoms with Crippen LogP contribution in [0.2, 0.25) is 0 Å². The summed E-state index contributed by atoms with van der Waals surface area (Å²) in [7, 11) is 1.25. The molecule has 0 spiro atoms. The van der Waals surface area contributed by atoms with Crippen molar-refractivity contribution in [1.29, 1.82) is 0 Å². The van der Waals surface area contributed by atoms with Crippen molar-refractivity contribution in [3.05, 3.63) is 41.5 Å². The molecule has 24 heavy (non-hydrogen) atoms. The fourth-order valence-electron chi connectivity index (χ4n) is 2.71. The molecule has 128 valence electrons. The first-order chi connectivity index (χ1) is 11.6. The van der Waals surface area contributed by atoms with E-state index >= 15 is 0 Å². The van der Waals surface area contributed by atoms with Gasteiger partial charge in [-0.25, -0.2) is 13.8 Å². The number of aromatic amines is 1. The van der Waals surface area contributed by atoms with Gasteiger partial charge in [-0.3, -0.25) is 9.89 Å². The van der Waals surface area contributed by atoms with Gasteiger partial charge < -0.3 is 14.8 Å². The van der Waals surface area contributed by atoms with Crippen LogP contribution in [0.15, 0.2) is 18.5 Å². The molecule has 7 nitrogen and oxygen atoms in total. The quantitative estimate of drug-likeness (QED) is 0.864. The van der Waals surface area contributed by atoms with E-state index in [-0.39, 0.29) is 24.3 Å². The Hall–Kier alpha value is -2.55. The molecule has 1 saturated heterocycles. The summed E-state index contributed by atoms with van der Waals surface area (Å²) in [6.07, 6.45) is 1.72. The number of carbonyl (C=O) groups excluding carboxylic acids is 1. The zero-order valence-corrected chi connectivity index (χ0v) is 12.9. The van der Waals surface area contributed by atoms with E-state index in [0.717, 1.165) is 12.1 Å². The standard InChI is InChI=1S/C15H16F2N4O3/c1-23-10-3-2-9(16)11(12(10)17)15(22)18-6-8-4-5-24-13(8)14-19-7-20-21-14/h2-3,7-8,13H,4-6H2,1H3,(H,18,22)(H,19,20,21)/t8-,13-/m0/s1. The van der Waals surface area contributed by atoms with Crippen LogP contribution in [0.5, 0.6) is 5.75 Å². The van der Waals surface area contributed by atoms with Gasteiger partial charge in [0, 0.05) is 19.1 Å². The number of aromatic nitrogens is 3. The molecule has 1 aliphatic heterocycles. The van der Waals surface area contributed by atoms with Crippen LogP contribution in [-0.4, -0.2) is 41.3 Å². The van der Waals surface area contributed by atoms with Crippen molar-refractivity contribution in [2.24, 2.45) is 5.92 Å². The zero-order valence-electron chi connectivity index (χ0n) is 12.9. The van der Waals surface area contributed by atoms with Gasteiger partial charge in [-0.1, -0.05) is 0 Å². The fourth-order valence-corrected chi connectivity index (χ4v) is 2.71. The summed E-state index contributed by atoms with van der Waals surface area (Å²) >= 11 is 0. The third-order valence-electron chi connectivity index (χ3n) is 3.94. The van der Waals surface area contributed by atoms with E-state index in [9.17, 15) is 13.6 Å². The molecule has 1 aliphatic rings. The lowest BCUT2D eigenvalue weighted by molar-refractivity contribution is 0.0796. The Labute approximate surface area is 136 Å². The van der Waals surface area contributed by atoms with Crippen LogP contribution < -0.4 is 10.1 Å². The predicted octanol–water partition coefficient (Wildman–Crippen LogP) is 1.60. The molecule has 1 amide bonds. The maximum Gasteiger partial charge on any atom is 0.257 e. The molecule has 1 aromatic heterocycles. The lowest BCUT2D eigenvalue weighted by Gasteiger charge is -2.17. The number of H-pyrrole nitrogens is 1. The van der Waals surface area contributed by atoms with E-state index in [0.29, 0.717) is 18.9 Å². The summed E-state index contributed by atoms with van der Waals surface area (Å²) in [5.74, 6) is -2.51. The second-order valence-electron chi connectivity index (χ2n) is 5.36. The van der Waals surface area contributed by atoms with E-state index in [2.05, 4.69) is 20.5 Å². The van der Waals surface area contributed by atoms with Crippen LogP contribution in [0.25, 0.3) is 0 Å². The molecule has 0 radical (unpaired) electrons. The maximum atomic E-state index is 14.1. The number of benzene rings is 1. The number of nitrogens with one attached hydrogen (secondary N) is 2. The molecule has 0 unspecified atom stereocenters. The SMILES string of the molecule is COc1ccc(F)c(C(=O)NC[C@@H]2CCO[C@@H]2c2ncn[nH]2)c1F. The van der Waals surface area contributed by atoms with Gasteiger partial charge in [0.05, 0.1) is 7.11 Å². The first-order valence-electron chi connectivity index (χ1n) is 7.39. The largest absolute Gasteiger partial charge is 0.494 e. The predicted molar refractivity (Wildman–Crippen MR) is 78.4 cm³/mol. The minimum Gasteiger partial charge on any atom is -0.494 e. The van der Waals surface area contributed by atoms with Crippen molar-refractivity contribution >= 4 is 5.91 Å². The van der Waals surface area contributed by atoms with E-state index in [1.807, 2.05) is 0 Å². The van der Waals surface area contributed by atoms with Crippen molar-refractivity contribution in [2.75, 3.05) is 20.3 Å². The fraction of sp³-hybridized carbons (Fsp3) is 0.400. The first-order valence-corrected chi connectivity index (χ1v) is 7.39. The molecule has 1 aromatic carbocycles. The third-order valence-corrected chi connectivity index (χ3v) is 3.94. The molecule has 2 aromatic rings. The van der Waals surface area contributed by atoms with Crippen molar-refractivity contribution in [2.45, 2.75) is 12.5 Å². The van der Waals surface area contributed by atoms with Gasteiger partial charge in [0.25, 0.3) is 5.91 Å². The highest BCUT2D eigenvalue weighted by molar-refractivity contribution is 5.95. The normalized spacial score (nSPS) is 20.1. The van der Waals surface area contributed by atoms with Gasteiger partial charge in [-0.2, -0.15) is 5.10 Å². The monoisotopic (exact) mass is 338 g/mol. The van der Waals surface area contributed by atoms with E-state index in [1.54, 1.807) is 0 Å². The maximum absolute atomic E-state index is 14.1. The summed E-state index contributed by atoms with van der Waals surface area (Å²) in [6.45, 7) is 0.702. The van der Waals surface area contributed by atoms with Crippen molar-refractivity contribution in [1.82, 2.24) is 20.5 Å². The van der Waals surface area contributed by atoms with Gasteiger partial charge in [0.15, 0.2) is 17.4 Å². The molecule has 0 saturated carbocycles. The van der Waals surface area contributed by atoms with Gasteiger partial charge in [-0.15, -0.1) is 0 Å². The molecule has 9 heteroatoms. The number of halogens is 2. The topological polar surface area (TPSA) is 89.1 Å². The Morgan fingerprint density at radius 3 is 3.04 bits per heavy atom. The average molecular weight is 338 g/mol. The Bertz CT molecular complexity index is 724. The lowest BCUT2D eigenvalue weighted by Crippen LogP contribution is -2.32. The van der Waals surface area contributed by atoms with E-state index in [4.69, 9.17) is 9.47 Å². The molecule has 1 fully saturated rings. The minimum atomic E-state index is -1.02. The Balaban J connectivity index is 1.70. The third kappa shape index (κ3) is 3.07. The molecule has 0 bridgehead atoms. The second-order valence-corrected chi connectivity index (χ2v) is 5.36. The van der Waals surface area contributed by atoms with Crippen molar-refractivity contribution < 1.29 is 23.0 Å². The van der Waals surface area contributed by atoms with Gasteiger partial charge in [0.1, 0.15) is 23.8 Å². The number of methoxy groups -OCH3 is 1. The second kappa shape index (κ2) is 6.91. The molecule has 0 aliphatic carbocycles. The molecule has 3 rings (SSSR count). The van der Waals surface area contributed by atoms with Crippen LogP contribution in [-0.2, 0) is 4.74 Å². The molecule has 2 heterocycles. The van der Waals surface area contributed by atoms with Gasteiger partial charge >= 0.3 is 0 Å². The number of rotatable bonds is 5. The highest BCUT2D eigenvalue weighted by Crippen LogP contribution is 2.32. The van der Waals surface area contributed by atoms with Crippen LogP contribution in [0, 0.1) is 17.6 Å². The number of hydrogen-bond acceptors (Lipinski definition) is 5. The minimum absolute atomic E-state index is 0.0707.